The average molecular weight is 235 g/mol. The van der Waals surface area contributed by atoms with Crippen LogP contribution in [0.4, 0.5) is 0 Å². The van der Waals surface area contributed by atoms with Crippen LogP contribution >= 0.6 is 0 Å². The molecule has 0 aliphatic heterocycles. The second kappa shape index (κ2) is 7.26. The van der Waals surface area contributed by atoms with Crippen molar-refractivity contribution in [2.24, 2.45) is 5.28 Å². The summed E-state index contributed by atoms with van der Waals surface area (Å²) in [6.45, 7) is 0.692. The van der Waals surface area contributed by atoms with Gasteiger partial charge in [0, 0.05) is 6.92 Å². The molecule has 0 saturated heterocycles. The fourth-order valence-corrected chi connectivity index (χ4v) is 0.588. The molecule has 0 radical (unpaired) electrons. The van der Waals surface area contributed by atoms with E-state index >= 15 is 0 Å². The first-order valence-electron chi connectivity index (χ1n) is 4.30. The van der Waals surface area contributed by atoms with Crippen LogP contribution in [-0.2, 0) is 19.2 Å². The molecule has 1 N–H and O–H groups in total. The number of hydrogen-bond acceptors (Lipinski definition) is 6. The van der Waals surface area contributed by atoms with Gasteiger partial charge in [-0.25, -0.2) is 0 Å². The summed E-state index contributed by atoms with van der Waals surface area (Å²) in [6, 6.07) is 0. The van der Waals surface area contributed by atoms with Crippen LogP contribution in [0.2, 0.25) is 0 Å². The van der Waals surface area contributed by atoms with Crippen molar-refractivity contribution in [1.82, 2.24) is 5.01 Å². The van der Waals surface area contributed by atoms with Gasteiger partial charge in [0.05, 0.1) is 25.0 Å². The Kier molecular flexibility index (Phi) is 6.33. The molecule has 0 fully saturated rings. The molecule has 0 aromatic carbocycles. The Hall–Kier alpha value is -2.06. The zero-order valence-corrected chi connectivity index (χ0v) is 8.95. The molecule has 0 heterocycles. The molecule has 0 aromatic heterocycles. The van der Waals surface area contributed by atoms with Gasteiger partial charge in [-0.3, -0.25) is 9.59 Å². The number of aliphatic carboxylic acids is 1. The van der Waals surface area contributed by atoms with E-state index < -0.39 is 18.7 Å². The highest BCUT2D eigenvalue weighted by atomic mass is 16.8. The number of rotatable bonds is 7. The van der Waals surface area contributed by atoms with Crippen LogP contribution in [0, 0.1) is 5.21 Å². The number of carboxylic acids is 1. The average Bonchev–Trinajstić information content (AvgIpc) is 2.20. The van der Waals surface area contributed by atoms with Crippen LogP contribution in [0.5, 0.6) is 0 Å². The molecule has 0 aromatic rings. The first-order chi connectivity index (χ1) is 7.43. The van der Waals surface area contributed by atoms with Gasteiger partial charge in [-0.1, -0.05) is 0 Å². The zero-order chi connectivity index (χ0) is 12.6. The van der Waals surface area contributed by atoms with E-state index in [1.54, 1.807) is 0 Å². The third-order valence-electron chi connectivity index (χ3n) is 1.38. The van der Waals surface area contributed by atoms with Crippen molar-refractivity contribution in [3.63, 3.8) is 0 Å². The maximum atomic E-state index is 11.0. The molecule has 0 atom stereocenters. The number of hydrazine groups is 1. The summed E-state index contributed by atoms with van der Waals surface area (Å²) in [5, 5.41) is 23.4. The molecule has 0 saturated carbocycles. The van der Waals surface area contributed by atoms with Gasteiger partial charge in [-0.15, -0.1) is 5.01 Å². The molecule has 0 rings (SSSR count). The van der Waals surface area contributed by atoms with Crippen LogP contribution in [0.15, 0.2) is 5.28 Å². The SMILES string of the molecule is CC(=O)OCO/N=[N+](\[O-])N(C)CCC(=O)O. The van der Waals surface area contributed by atoms with E-state index in [4.69, 9.17) is 5.11 Å². The Bertz CT molecular complexity index is 279. The van der Waals surface area contributed by atoms with Crippen LogP contribution in [0.3, 0.4) is 0 Å². The minimum atomic E-state index is -1.03. The summed E-state index contributed by atoms with van der Waals surface area (Å²) < 4.78 is 4.34. The van der Waals surface area contributed by atoms with Gasteiger partial charge in [0.25, 0.3) is 6.79 Å². The lowest BCUT2D eigenvalue weighted by Gasteiger charge is -2.10. The molecule has 9 nitrogen and oxygen atoms in total. The van der Waals surface area contributed by atoms with Crippen molar-refractivity contribution in [2.75, 3.05) is 20.4 Å². The molecule has 0 aliphatic rings. The summed E-state index contributed by atoms with van der Waals surface area (Å²) in [5.41, 5.74) is 0. The largest absolute Gasteiger partial charge is 0.569 e. The molecule has 0 spiro atoms. The van der Waals surface area contributed by atoms with E-state index in [9.17, 15) is 14.8 Å². The van der Waals surface area contributed by atoms with Crippen LogP contribution in [0.25, 0.3) is 0 Å². The van der Waals surface area contributed by atoms with Crippen molar-refractivity contribution in [2.45, 2.75) is 13.3 Å². The highest BCUT2D eigenvalue weighted by Gasteiger charge is 2.08. The van der Waals surface area contributed by atoms with E-state index in [1.807, 2.05) is 0 Å². The van der Waals surface area contributed by atoms with E-state index in [-0.39, 0.29) is 17.9 Å². The zero-order valence-electron chi connectivity index (χ0n) is 8.95. The normalized spacial score (nSPS) is 10.8. The highest BCUT2D eigenvalue weighted by molar-refractivity contribution is 5.66. The standard InChI is InChI=1S/C7H13N3O6/c1-6(11)15-5-16-8-10(14)9(2)4-3-7(12)13/h3-5H2,1-2H3,(H,12,13)/b10-8-. The summed E-state index contributed by atoms with van der Waals surface area (Å²) in [7, 11) is 1.34. The molecule has 0 aliphatic carbocycles. The minimum Gasteiger partial charge on any atom is -0.569 e. The Morgan fingerprint density at radius 1 is 1.56 bits per heavy atom. The quantitative estimate of drug-likeness (QED) is 0.161. The highest BCUT2D eigenvalue weighted by Crippen LogP contribution is 1.91. The summed E-state index contributed by atoms with van der Waals surface area (Å²) in [4.78, 5) is 24.9. The molecule has 9 heteroatoms. The number of carbonyl (C=O) groups is 2. The van der Waals surface area contributed by atoms with Crippen molar-refractivity contribution in [1.29, 1.82) is 0 Å². The Balaban J connectivity index is 3.82. The Labute approximate surface area is 91.4 Å². The summed E-state index contributed by atoms with van der Waals surface area (Å²) in [5.74, 6) is -1.59. The fourth-order valence-electron chi connectivity index (χ4n) is 0.588. The minimum absolute atomic E-state index is 0.0146. The molecule has 92 valence electrons. The van der Waals surface area contributed by atoms with Gasteiger partial charge >= 0.3 is 11.9 Å². The first kappa shape index (κ1) is 13.9. The van der Waals surface area contributed by atoms with Crippen molar-refractivity contribution in [3.05, 3.63) is 5.21 Å². The van der Waals surface area contributed by atoms with Crippen molar-refractivity contribution < 1.29 is 29.2 Å². The van der Waals surface area contributed by atoms with Gasteiger partial charge < -0.3 is 19.9 Å². The second-order valence-electron chi connectivity index (χ2n) is 2.74. The summed E-state index contributed by atoms with van der Waals surface area (Å²) in [6.07, 6.45) is -0.200. The lowest BCUT2D eigenvalue weighted by atomic mass is 10.4. The lowest BCUT2D eigenvalue weighted by molar-refractivity contribution is -0.706. The maximum Gasteiger partial charge on any atom is 0.305 e. The van der Waals surface area contributed by atoms with Crippen molar-refractivity contribution in [3.8, 4) is 0 Å². The molecule has 0 unspecified atom stereocenters. The number of esters is 1. The fraction of sp³-hybridized carbons (Fsp3) is 0.714. The van der Waals surface area contributed by atoms with E-state index in [0.717, 1.165) is 5.01 Å². The Morgan fingerprint density at radius 3 is 2.69 bits per heavy atom. The summed E-state index contributed by atoms with van der Waals surface area (Å²) >= 11 is 0. The maximum absolute atomic E-state index is 11.0. The third kappa shape index (κ3) is 7.35. The van der Waals surface area contributed by atoms with Crippen molar-refractivity contribution >= 4 is 11.9 Å². The van der Waals surface area contributed by atoms with Gasteiger partial charge in [0.15, 0.2) is 0 Å². The van der Waals surface area contributed by atoms with E-state index in [0.29, 0.717) is 0 Å². The van der Waals surface area contributed by atoms with Gasteiger partial charge in [0.2, 0.25) is 5.28 Å². The molecule has 0 bridgehead atoms. The predicted octanol–water partition coefficient (Wildman–Crippen LogP) is -0.277. The molecule has 0 amide bonds. The topological polar surface area (TPSA) is 114 Å². The number of ether oxygens (including phenoxy) is 1. The molecular formula is C7H13N3O6. The lowest BCUT2D eigenvalue weighted by Crippen LogP contribution is -2.28. The van der Waals surface area contributed by atoms with Crippen LogP contribution < -0.4 is 0 Å². The van der Waals surface area contributed by atoms with Gasteiger partial charge in [-0.2, -0.15) is 0 Å². The molecular weight excluding hydrogens is 222 g/mol. The predicted molar refractivity (Wildman–Crippen MR) is 48.7 cm³/mol. The third-order valence-corrected chi connectivity index (χ3v) is 1.38. The number of carboxylic acid groups (broad SMARTS) is 1. The smallest absolute Gasteiger partial charge is 0.305 e. The van der Waals surface area contributed by atoms with Crippen LogP contribution in [-0.4, -0.2) is 47.4 Å². The number of hydrogen-bond donors (Lipinski definition) is 1. The Morgan fingerprint density at radius 2 is 2.19 bits per heavy atom. The van der Waals surface area contributed by atoms with Gasteiger partial charge in [0.1, 0.15) is 0 Å². The van der Waals surface area contributed by atoms with Crippen LogP contribution in [0.1, 0.15) is 13.3 Å². The van der Waals surface area contributed by atoms with Gasteiger partial charge in [-0.05, 0) is 0 Å². The first-order valence-corrected chi connectivity index (χ1v) is 4.30. The monoisotopic (exact) mass is 235 g/mol. The number of carbonyl (C=O) groups excluding carboxylic acids is 1. The van der Waals surface area contributed by atoms with E-state index in [1.165, 1.54) is 14.0 Å². The number of nitrogens with zero attached hydrogens (tertiary/aromatic N) is 3. The second-order valence-corrected chi connectivity index (χ2v) is 2.74. The van der Waals surface area contributed by atoms with E-state index in [2.05, 4.69) is 14.9 Å². The molecule has 16 heavy (non-hydrogen) atoms.